The zero-order chi connectivity index (χ0) is 20.7. The van der Waals surface area contributed by atoms with Crippen molar-refractivity contribution in [3.05, 3.63) is 24.3 Å². The first-order valence-corrected chi connectivity index (χ1v) is 11.4. The SMILES string of the molecule is CCCC[C@H]1CC[C@H](C2CCC(COc3ccc(OC(F)(F)F)cc3)CC2)CC1. The van der Waals surface area contributed by atoms with Gasteiger partial charge in [-0.3, -0.25) is 0 Å². The smallest absolute Gasteiger partial charge is 0.493 e. The van der Waals surface area contributed by atoms with Crippen LogP contribution in [0, 0.1) is 23.7 Å². The van der Waals surface area contributed by atoms with E-state index in [4.69, 9.17) is 4.74 Å². The van der Waals surface area contributed by atoms with Gasteiger partial charge in [-0.2, -0.15) is 0 Å². The Morgan fingerprint density at radius 1 is 0.793 bits per heavy atom. The molecule has 2 fully saturated rings. The van der Waals surface area contributed by atoms with Gasteiger partial charge in [0.15, 0.2) is 0 Å². The molecular formula is C24H35F3O2. The summed E-state index contributed by atoms with van der Waals surface area (Å²) >= 11 is 0. The minimum Gasteiger partial charge on any atom is -0.493 e. The molecule has 0 atom stereocenters. The maximum atomic E-state index is 12.2. The average Bonchev–Trinajstić information content (AvgIpc) is 2.71. The number of hydrogen-bond donors (Lipinski definition) is 0. The molecule has 1 aromatic rings. The van der Waals surface area contributed by atoms with Crippen LogP contribution >= 0.6 is 0 Å². The largest absolute Gasteiger partial charge is 0.573 e. The average molecular weight is 413 g/mol. The normalized spacial score (nSPS) is 28.1. The van der Waals surface area contributed by atoms with Crippen molar-refractivity contribution in [2.45, 2.75) is 83.9 Å². The lowest BCUT2D eigenvalue weighted by molar-refractivity contribution is -0.274. The fourth-order valence-corrected chi connectivity index (χ4v) is 5.22. The molecule has 5 heteroatoms. The number of alkyl halides is 3. The van der Waals surface area contributed by atoms with E-state index < -0.39 is 6.36 Å². The van der Waals surface area contributed by atoms with Crippen LogP contribution in [0.3, 0.4) is 0 Å². The molecule has 0 N–H and O–H groups in total. The summed E-state index contributed by atoms with van der Waals surface area (Å²) in [6.07, 6.45) is 10.2. The van der Waals surface area contributed by atoms with Crippen LogP contribution in [0.4, 0.5) is 13.2 Å². The summed E-state index contributed by atoms with van der Waals surface area (Å²) in [6, 6.07) is 5.69. The first-order chi connectivity index (χ1) is 13.9. The monoisotopic (exact) mass is 412 g/mol. The van der Waals surface area contributed by atoms with E-state index in [1.54, 1.807) is 12.1 Å². The Balaban J connectivity index is 1.34. The molecule has 0 aliphatic heterocycles. The van der Waals surface area contributed by atoms with Crippen LogP contribution in [-0.2, 0) is 0 Å². The van der Waals surface area contributed by atoms with Gasteiger partial charge in [-0.25, -0.2) is 0 Å². The van der Waals surface area contributed by atoms with Crippen LogP contribution in [-0.4, -0.2) is 13.0 Å². The second kappa shape index (κ2) is 10.6. The Bertz CT molecular complexity index is 583. The summed E-state index contributed by atoms with van der Waals surface area (Å²) in [4.78, 5) is 0. The van der Waals surface area contributed by atoms with Crippen molar-refractivity contribution in [3.8, 4) is 11.5 Å². The molecule has 0 saturated heterocycles. The van der Waals surface area contributed by atoms with Crippen molar-refractivity contribution in [1.29, 1.82) is 0 Å². The highest BCUT2D eigenvalue weighted by molar-refractivity contribution is 5.31. The van der Waals surface area contributed by atoms with Crippen molar-refractivity contribution < 1.29 is 22.6 Å². The topological polar surface area (TPSA) is 18.5 Å². The van der Waals surface area contributed by atoms with E-state index in [9.17, 15) is 13.2 Å². The van der Waals surface area contributed by atoms with Crippen molar-refractivity contribution in [1.82, 2.24) is 0 Å². The fraction of sp³-hybridized carbons (Fsp3) is 0.750. The third kappa shape index (κ3) is 7.42. The molecule has 0 amide bonds. The molecule has 0 aromatic heterocycles. The van der Waals surface area contributed by atoms with Gasteiger partial charge in [0.1, 0.15) is 11.5 Å². The summed E-state index contributed by atoms with van der Waals surface area (Å²) in [6.45, 7) is 2.93. The first-order valence-electron chi connectivity index (χ1n) is 11.4. The number of hydrogen-bond acceptors (Lipinski definition) is 2. The second-order valence-corrected chi connectivity index (χ2v) is 9.03. The van der Waals surface area contributed by atoms with Crippen molar-refractivity contribution in [2.24, 2.45) is 23.7 Å². The van der Waals surface area contributed by atoms with E-state index in [1.807, 2.05) is 0 Å². The predicted molar refractivity (Wildman–Crippen MR) is 109 cm³/mol. The maximum absolute atomic E-state index is 12.2. The number of unbranched alkanes of at least 4 members (excludes halogenated alkanes) is 1. The van der Waals surface area contributed by atoms with E-state index in [2.05, 4.69) is 11.7 Å². The number of halogens is 3. The zero-order valence-corrected chi connectivity index (χ0v) is 17.6. The molecule has 2 aliphatic carbocycles. The minimum absolute atomic E-state index is 0.213. The summed E-state index contributed by atoms with van der Waals surface area (Å²) in [5.41, 5.74) is 0. The van der Waals surface area contributed by atoms with Gasteiger partial charge in [-0.1, -0.05) is 39.0 Å². The number of benzene rings is 1. The van der Waals surface area contributed by atoms with E-state index in [0.717, 1.165) is 17.8 Å². The van der Waals surface area contributed by atoms with Gasteiger partial charge in [-0.15, -0.1) is 13.2 Å². The quantitative estimate of drug-likeness (QED) is 0.434. The van der Waals surface area contributed by atoms with Crippen LogP contribution in [0.15, 0.2) is 24.3 Å². The van der Waals surface area contributed by atoms with Crippen LogP contribution < -0.4 is 9.47 Å². The molecule has 2 aliphatic rings. The summed E-state index contributed by atoms with van der Waals surface area (Å²) in [7, 11) is 0. The lowest BCUT2D eigenvalue weighted by Crippen LogP contribution is -2.27. The molecule has 164 valence electrons. The third-order valence-corrected chi connectivity index (χ3v) is 6.96. The Morgan fingerprint density at radius 3 is 1.83 bits per heavy atom. The molecule has 0 heterocycles. The van der Waals surface area contributed by atoms with Crippen LogP contribution in [0.5, 0.6) is 11.5 Å². The highest BCUT2D eigenvalue weighted by Gasteiger charge is 2.32. The van der Waals surface area contributed by atoms with E-state index in [0.29, 0.717) is 18.3 Å². The number of rotatable bonds is 8. The van der Waals surface area contributed by atoms with Crippen LogP contribution in [0.1, 0.15) is 77.6 Å². The lowest BCUT2D eigenvalue weighted by atomic mass is 9.69. The molecular weight excluding hydrogens is 377 g/mol. The molecule has 29 heavy (non-hydrogen) atoms. The Labute approximate surface area is 173 Å². The van der Waals surface area contributed by atoms with E-state index in [-0.39, 0.29) is 5.75 Å². The molecule has 2 saturated carbocycles. The molecule has 0 radical (unpaired) electrons. The van der Waals surface area contributed by atoms with Gasteiger partial charge in [0.05, 0.1) is 6.61 Å². The van der Waals surface area contributed by atoms with E-state index >= 15 is 0 Å². The fourth-order valence-electron chi connectivity index (χ4n) is 5.22. The van der Waals surface area contributed by atoms with Gasteiger partial charge in [0.25, 0.3) is 0 Å². The Hall–Kier alpha value is -1.39. The second-order valence-electron chi connectivity index (χ2n) is 9.03. The van der Waals surface area contributed by atoms with Gasteiger partial charge in [0.2, 0.25) is 0 Å². The van der Waals surface area contributed by atoms with Gasteiger partial charge in [-0.05, 0) is 86.5 Å². The van der Waals surface area contributed by atoms with Gasteiger partial charge < -0.3 is 9.47 Å². The predicted octanol–water partition coefficient (Wildman–Crippen LogP) is 7.77. The summed E-state index contributed by atoms with van der Waals surface area (Å²) < 4.78 is 46.4. The molecule has 1 aromatic carbocycles. The number of ether oxygens (including phenoxy) is 2. The molecule has 0 bridgehead atoms. The first kappa shape index (κ1) is 22.3. The highest BCUT2D eigenvalue weighted by atomic mass is 19.4. The molecule has 2 nitrogen and oxygen atoms in total. The Morgan fingerprint density at radius 2 is 1.31 bits per heavy atom. The van der Waals surface area contributed by atoms with Crippen molar-refractivity contribution >= 4 is 0 Å². The van der Waals surface area contributed by atoms with Crippen molar-refractivity contribution in [2.75, 3.05) is 6.61 Å². The van der Waals surface area contributed by atoms with Crippen molar-refractivity contribution in [3.63, 3.8) is 0 Å². The maximum Gasteiger partial charge on any atom is 0.573 e. The summed E-state index contributed by atoms with van der Waals surface area (Å²) in [5, 5.41) is 0. The van der Waals surface area contributed by atoms with Gasteiger partial charge >= 0.3 is 6.36 Å². The van der Waals surface area contributed by atoms with Gasteiger partial charge in [0, 0.05) is 0 Å². The third-order valence-electron chi connectivity index (χ3n) is 6.96. The van der Waals surface area contributed by atoms with Crippen LogP contribution in [0.2, 0.25) is 0 Å². The summed E-state index contributed by atoms with van der Waals surface area (Å²) in [5.74, 6) is 3.73. The molecule has 0 unspecified atom stereocenters. The standard InChI is InChI=1S/C24H35F3O2/c1-2-3-4-18-5-9-20(10-6-18)21-11-7-19(8-12-21)17-28-22-13-15-23(16-14-22)29-24(25,26)27/h13-16,18-21H,2-12,17H2,1H3/t18-,19?,20-,21?. The van der Waals surface area contributed by atoms with E-state index in [1.165, 1.54) is 82.8 Å². The highest BCUT2D eigenvalue weighted by Crippen LogP contribution is 2.42. The zero-order valence-electron chi connectivity index (χ0n) is 17.6. The minimum atomic E-state index is -4.66. The Kier molecular flexibility index (Phi) is 8.14. The van der Waals surface area contributed by atoms with Crippen LogP contribution in [0.25, 0.3) is 0 Å². The molecule has 0 spiro atoms. The molecule has 3 rings (SSSR count). The lowest BCUT2D eigenvalue weighted by Gasteiger charge is -2.37.